The zero-order valence-electron chi connectivity index (χ0n) is 14.8. The Balaban J connectivity index is 1.84. The summed E-state index contributed by atoms with van der Waals surface area (Å²) in [4.78, 5) is 27.4. The maximum Gasteiger partial charge on any atom is 0.263 e. The number of nitrogens with two attached hydrogens (primary N) is 1. The van der Waals surface area contributed by atoms with Gasteiger partial charge < -0.3 is 21.3 Å². The minimum absolute atomic E-state index is 0.0207. The molecule has 1 aliphatic heterocycles. The first kappa shape index (κ1) is 19.0. The van der Waals surface area contributed by atoms with Crippen LogP contribution in [0.2, 0.25) is 0 Å². The summed E-state index contributed by atoms with van der Waals surface area (Å²) >= 11 is 0. The summed E-state index contributed by atoms with van der Waals surface area (Å²) in [5.74, 6) is -1.47. The van der Waals surface area contributed by atoms with Gasteiger partial charge in [-0.25, -0.2) is 8.78 Å². The molecule has 4 N–H and O–H groups in total. The third kappa shape index (κ3) is 4.51. The number of carbonyl (C=O) groups is 2. The Morgan fingerprint density at radius 2 is 2.15 bits per heavy atom. The molecule has 27 heavy (non-hydrogen) atoms. The van der Waals surface area contributed by atoms with Crippen molar-refractivity contribution >= 4 is 17.5 Å². The summed E-state index contributed by atoms with van der Waals surface area (Å²) in [7, 11) is 0. The molecule has 0 bridgehead atoms. The summed E-state index contributed by atoms with van der Waals surface area (Å²) in [5.41, 5.74) is 6.46. The van der Waals surface area contributed by atoms with Crippen LogP contribution < -0.4 is 16.4 Å². The molecular formula is C19H22F2N4O2. The van der Waals surface area contributed by atoms with Gasteiger partial charge in [-0.2, -0.15) is 0 Å². The van der Waals surface area contributed by atoms with Crippen molar-refractivity contribution in [3.05, 3.63) is 53.3 Å². The highest BCUT2D eigenvalue weighted by molar-refractivity contribution is 6.23. The van der Waals surface area contributed by atoms with Gasteiger partial charge in [0.2, 0.25) is 0 Å². The molecule has 0 unspecified atom stereocenters. The van der Waals surface area contributed by atoms with Gasteiger partial charge >= 0.3 is 0 Å². The van der Waals surface area contributed by atoms with E-state index < -0.39 is 11.7 Å². The van der Waals surface area contributed by atoms with E-state index in [2.05, 4.69) is 10.6 Å². The predicted molar refractivity (Wildman–Crippen MR) is 97.7 cm³/mol. The molecule has 0 saturated heterocycles. The van der Waals surface area contributed by atoms with Gasteiger partial charge in [0.1, 0.15) is 11.4 Å². The lowest BCUT2D eigenvalue weighted by Gasteiger charge is -2.30. The highest BCUT2D eigenvalue weighted by atomic mass is 19.1. The highest BCUT2D eigenvalue weighted by Gasteiger charge is 2.39. The maximum absolute atomic E-state index is 13.4. The lowest BCUT2D eigenvalue weighted by molar-refractivity contribution is -0.130. The number of nitrogens with one attached hydrogen (secondary N) is 2. The van der Waals surface area contributed by atoms with Gasteiger partial charge in [-0.05, 0) is 36.6 Å². The number of halogens is 2. The SMILES string of the molecule is NC/C(=C\F)CNC1=C(C(=O)Nc2cccc(F)c2)C(=O)N(C2CC2)CC1. The number of hydrogen-bond acceptors (Lipinski definition) is 4. The molecule has 3 rings (SSSR count). The fourth-order valence-electron chi connectivity index (χ4n) is 3.01. The van der Waals surface area contributed by atoms with Gasteiger partial charge in [-0.1, -0.05) is 6.07 Å². The third-order valence-electron chi connectivity index (χ3n) is 4.62. The van der Waals surface area contributed by atoms with E-state index in [0.717, 1.165) is 12.8 Å². The number of nitrogens with zero attached hydrogens (tertiary/aromatic N) is 1. The van der Waals surface area contributed by atoms with Crippen molar-refractivity contribution in [1.29, 1.82) is 0 Å². The molecule has 1 aliphatic carbocycles. The molecule has 1 aromatic carbocycles. The monoisotopic (exact) mass is 376 g/mol. The zero-order valence-corrected chi connectivity index (χ0v) is 14.8. The second kappa shape index (κ2) is 8.30. The second-order valence-electron chi connectivity index (χ2n) is 6.62. The van der Waals surface area contributed by atoms with Crippen LogP contribution in [0.5, 0.6) is 0 Å². The van der Waals surface area contributed by atoms with Gasteiger partial charge in [0.25, 0.3) is 11.8 Å². The highest BCUT2D eigenvalue weighted by Crippen LogP contribution is 2.32. The molecule has 0 radical (unpaired) electrons. The van der Waals surface area contributed by atoms with Crippen molar-refractivity contribution < 1.29 is 18.4 Å². The average Bonchev–Trinajstić information content (AvgIpc) is 3.47. The minimum Gasteiger partial charge on any atom is -0.384 e. The molecule has 2 amide bonds. The summed E-state index contributed by atoms with van der Waals surface area (Å²) in [5, 5.41) is 5.54. The number of benzene rings is 1. The van der Waals surface area contributed by atoms with Gasteiger partial charge in [0.15, 0.2) is 0 Å². The molecule has 0 aromatic heterocycles. The molecule has 2 aliphatic rings. The average molecular weight is 376 g/mol. The second-order valence-corrected chi connectivity index (χ2v) is 6.62. The Morgan fingerprint density at radius 3 is 2.78 bits per heavy atom. The Kier molecular flexibility index (Phi) is 5.85. The standard InChI is InChI=1S/C19H22F2N4O2/c20-9-12(10-22)11-23-16-6-7-25(15-4-5-15)19(27)17(16)18(26)24-14-3-1-2-13(21)8-14/h1-3,8-9,15,23H,4-7,10-11,22H2,(H,24,26)/b12-9+. The van der Waals surface area contributed by atoms with Crippen LogP contribution in [-0.2, 0) is 9.59 Å². The van der Waals surface area contributed by atoms with Crippen molar-refractivity contribution in [2.24, 2.45) is 5.73 Å². The van der Waals surface area contributed by atoms with E-state index in [0.29, 0.717) is 30.6 Å². The molecule has 0 spiro atoms. The van der Waals surface area contributed by atoms with Crippen LogP contribution in [0.15, 0.2) is 47.4 Å². The topological polar surface area (TPSA) is 87.5 Å². The van der Waals surface area contributed by atoms with Crippen molar-refractivity contribution in [2.45, 2.75) is 25.3 Å². The van der Waals surface area contributed by atoms with Gasteiger partial charge in [0, 0.05) is 43.5 Å². The number of anilines is 1. The quantitative estimate of drug-likeness (QED) is 0.634. The Morgan fingerprint density at radius 1 is 1.37 bits per heavy atom. The first-order chi connectivity index (χ1) is 13.0. The molecule has 6 nitrogen and oxygen atoms in total. The van der Waals surface area contributed by atoms with E-state index in [9.17, 15) is 18.4 Å². The first-order valence-corrected chi connectivity index (χ1v) is 8.86. The van der Waals surface area contributed by atoms with Crippen molar-refractivity contribution in [2.75, 3.05) is 25.0 Å². The van der Waals surface area contributed by atoms with Crippen LogP contribution in [0, 0.1) is 5.82 Å². The summed E-state index contributed by atoms with van der Waals surface area (Å²) in [6.07, 6.45) is 2.73. The minimum atomic E-state index is -0.614. The van der Waals surface area contributed by atoms with Crippen molar-refractivity contribution in [3.8, 4) is 0 Å². The molecule has 0 atom stereocenters. The molecule has 8 heteroatoms. The normalized spacial score (nSPS) is 18.0. The number of amides is 2. The molecule has 1 saturated carbocycles. The van der Waals surface area contributed by atoms with E-state index in [1.54, 1.807) is 11.0 Å². The van der Waals surface area contributed by atoms with Crippen LogP contribution >= 0.6 is 0 Å². The zero-order chi connectivity index (χ0) is 19.4. The fraction of sp³-hybridized carbons (Fsp3) is 0.368. The molecular weight excluding hydrogens is 354 g/mol. The fourth-order valence-corrected chi connectivity index (χ4v) is 3.01. The van der Waals surface area contributed by atoms with E-state index in [-0.39, 0.29) is 36.3 Å². The van der Waals surface area contributed by atoms with Gasteiger partial charge in [0.05, 0.1) is 6.33 Å². The summed E-state index contributed by atoms with van der Waals surface area (Å²) in [6, 6.07) is 5.62. The smallest absolute Gasteiger partial charge is 0.263 e. The largest absolute Gasteiger partial charge is 0.384 e. The van der Waals surface area contributed by atoms with Gasteiger partial charge in [-0.3, -0.25) is 9.59 Å². The molecule has 1 fully saturated rings. The first-order valence-electron chi connectivity index (χ1n) is 8.86. The lowest BCUT2D eigenvalue weighted by atomic mass is 10.0. The maximum atomic E-state index is 13.4. The van der Waals surface area contributed by atoms with Crippen LogP contribution in [-0.4, -0.2) is 42.4 Å². The van der Waals surface area contributed by atoms with E-state index >= 15 is 0 Å². The lowest BCUT2D eigenvalue weighted by Crippen LogP contribution is -2.44. The van der Waals surface area contributed by atoms with Crippen molar-refractivity contribution in [1.82, 2.24) is 10.2 Å². The van der Waals surface area contributed by atoms with Gasteiger partial charge in [-0.15, -0.1) is 0 Å². The van der Waals surface area contributed by atoms with Crippen LogP contribution in [0.25, 0.3) is 0 Å². The van der Waals surface area contributed by atoms with E-state index in [1.807, 2.05) is 0 Å². The van der Waals surface area contributed by atoms with Crippen molar-refractivity contribution in [3.63, 3.8) is 0 Å². The van der Waals surface area contributed by atoms with E-state index in [4.69, 9.17) is 5.73 Å². The predicted octanol–water partition coefficient (Wildman–Crippen LogP) is 1.81. The Bertz CT molecular complexity index is 803. The number of hydrogen-bond donors (Lipinski definition) is 3. The van der Waals surface area contributed by atoms with Crippen LogP contribution in [0.4, 0.5) is 14.5 Å². The molecule has 1 aromatic rings. The number of rotatable bonds is 7. The molecule has 144 valence electrons. The Labute approximate surface area is 156 Å². The van der Waals surface area contributed by atoms with E-state index in [1.165, 1.54) is 18.2 Å². The third-order valence-corrected chi connectivity index (χ3v) is 4.62. The molecule has 1 heterocycles. The summed E-state index contributed by atoms with van der Waals surface area (Å²) in [6.45, 7) is 0.638. The Hall–Kier alpha value is -2.74. The number of carbonyl (C=O) groups excluding carboxylic acids is 2. The summed E-state index contributed by atoms with van der Waals surface area (Å²) < 4.78 is 26.1. The van der Waals surface area contributed by atoms with Crippen LogP contribution in [0.1, 0.15) is 19.3 Å². The van der Waals surface area contributed by atoms with Crippen LogP contribution in [0.3, 0.4) is 0 Å².